The quantitative estimate of drug-likeness (QED) is 0.888. The van der Waals surface area contributed by atoms with Gasteiger partial charge in [0, 0.05) is 29.2 Å². The fraction of sp³-hybridized carbons (Fsp3) is 0.500. The van der Waals surface area contributed by atoms with Crippen LogP contribution in [0.5, 0.6) is 0 Å². The lowest BCUT2D eigenvalue weighted by molar-refractivity contribution is 0.0691. The zero-order chi connectivity index (χ0) is 13.8. The number of hydrogen-bond donors (Lipinski definition) is 1. The highest BCUT2D eigenvalue weighted by Gasteiger charge is 2.26. The normalized spacial score (nSPS) is 17.6. The van der Waals surface area contributed by atoms with Crippen molar-refractivity contribution in [1.29, 1.82) is 0 Å². The molecular weight excluding hydrogens is 347 g/mol. The van der Waals surface area contributed by atoms with Crippen molar-refractivity contribution >= 4 is 34.2 Å². The molecule has 0 radical (unpaired) electrons. The molecule has 2 rings (SSSR count). The summed E-state index contributed by atoms with van der Waals surface area (Å²) in [5, 5.41) is 3.26. The highest BCUT2D eigenvalue weighted by molar-refractivity contribution is 9.10. The molecule has 1 fully saturated rings. The van der Waals surface area contributed by atoms with Gasteiger partial charge in [0.25, 0.3) is 5.91 Å². The fourth-order valence-corrected chi connectivity index (χ4v) is 2.90. The molecular formula is C14H19BrClFN2O. The van der Waals surface area contributed by atoms with Gasteiger partial charge in [-0.1, -0.05) is 22.9 Å². The second-order valence-electron chi connectivity index (χ2n) is 4.80. The van der Waals surface area contributed by atoms with Crippen LogP contribution in [0.1, 0.15) is 30.1 Å². The van der Waals surface area contributed by atoms with E-state index in [-0.39, 0.29) is 24.4 Å². The summed E-state index contributed by atoms with van der Waals surface area (Å²) in [4.78, 5) is 14.4. The maximum atomic E-state index is 13.4. The Balaban J connectivity index is 0.00000200. The lowest BCUT2D eigenvalue weighted by atomic mass is 10.1. The van der Waals surface area contributed by atoms with Gasteiger partial charge in [-0.05, 0) is 37.6 Å². The molecule has 0 bridgehead atoms. The van der Waals surface area contributed by atoms with Crippen LogP contribution in [0.4, 0.5) is 4.39 Å². The van der Waals surface area contributed by atoms with Crippen LogP contribution < -0.4 is 5.32 Å². The van der Waals surface area contributed by atoms with Crippen molar-refractivity contribution in [3.05, 3.63) is 34.1 Å². The number of benzene rings is 1. The largest absolute Gasteiger partial charge is 0.334 e. The molecule has 1 unspecified atom stereocenters. The summed E-state index contributed by atoms with van der Waals surface area (Å²) in [7, 11) is 0. The Bertz CT molecular complexity index is 446. The SMILES string of the molecule is CCCN(C(=O)c1cc(F)cc(Br)c1)C1CCNC1.Cl. The Labute approximate surface area is 133 Å². The standard InChI is InChI=1S/C14H18BrFN2O.ClH/c1-2-5-18(13-3-4-17-9-13)14(19)10-6-11(15)8-12(16)7-10;/h6-8,13,17H,2-5,9H2,1H3;1H. The first-order chi connectivity index (χ1) is 9.11. The summed E-state index contributed by atoms with van der Waals surface area (Å²) in [6.45, 7) is 4.51. The summed E-state index contributed by atoms with van der Waals surface area (Å²) in [5.41, 5.74) is 0.409. The van der Waals surface area contributed by atoms with Gasteiger partial charge in [0.05, 0.1) is 0 Å². The molecule has 0 spiro atoms. The molecule has 1 aliphatic heterocycles. The monoisotopic (exact) mass is 364 g/mol. The van der Waals surface area contributed by atoms with Crippen LogP contribution >= 0.6 is 28.3 Å². The number of carbonyl (C=O) groups excluding carboxylic acids is 1. The molecule has 1 aliphatic rings. The van der Waals surface area contributed by atoms with Crippen LogP contribution in [0, 0.1) is 5.82 Å². The zero-order valence-corrected chi connectivity index (χ0v) is 13.8. The van der Waals surface area contributed by atoms with E-state index in [2.05, 4.69) is 21.2 Å². The predicted octanol–water partition coefficient (Wildman–Crippen LogP) is 3.22. The van der Waals surface area contributed by atoms with Gasteiger partial charge in [-0.2, -0.15) is 0 Å². The molecule has 112 valence electrons. The second-order valence-corrected chi connectivity index (χ2v) is 5.72. The lowest BCUT2D eigenvalue weighted by Gasteiger charge is -2.28. The summed E-state index contributed by atoms with van der Waals surface area (Å²) in [5.74, 6) is -0.477. The van der Waals surface area contributed by atoms with E-state index < -0.39 is 5.82 Å². The Hall–Kier alpha value is -0.650. The van der Waals surface area contributed by atoms with Gasteiger partial charge >= 0.3 is 0 Å². The molecule has 1 atom stereocenters. The molecule has 1 aromatic carbocycles. The Morgan fingerprint density at radius 2 is 2.25 bits per heavy atom. The van der Waals surface area contributed by atoms with E-state index >= 15 is 0 Å². The first kappa shape index (κ1) is 17.4. The Morgan fingerprint density at radius 1 is 1.50 bits per heavy atom. The number of amides is 1. The molecule has 1 N–H and O–H groups in total. The summed E-state index contributed by atoms with van der Waals surface area (Å²) < 4.78 is 14.0. The third kappa shape index (κ3) is 4.17. The van der Waals surface area contributed by atoms with E-state index in [0.717, 1.165) is 25.9 Å². The Morgan fingerprint density at radius 3 is 2.80 bits per heavy atom. The summed E-state index contributed by atoms with van der Waals surface area (Å²) >= 11 is 3.23. The number of nitrogens with one attached hydrogen (secondary N) is 1. The van der Waals surface area contributed by atoms with Gasteiger partial charge in [0.15, 0.2) is 0 Å². The first-order valence-corrected chi connectivity index (χ1v) is 7.39. The molecule has 1 saturated heterocycles. The van der Waals surface area contributed by atoms with Crippen LogP contribution in [0.25, 0.3) is 0 Å². The Kier molecular flexibility index (Phi) is 6.92. The average molecular weight is 366 g/mol. The molecule has 20 heavy (non-hydrogen) atoms. The number of hydrogen-bond acceptors (Lipinski definition) is 2. The van der Waals surface area contributed by atoms with Crippen LogP contribution in [0.15, 0.2) is 22.7 Å². The van der Waals surface area contributed by atoms with Crippen molar-refractivity contribution in [3.8, 4) is 0 Å². The number of carbonyl (C=O) groups is 1. The molecule has 1 amide bonds. The lowest BCUT2D eigenvalue weighted by Crippen LogP contribution is -2.42. The minimum absolute atomic E-state index is 0. The van der Waals surface area contributed by atoms with Gasteiger partial charge in [-0.15, -0.1) is 12.4 Å². The second kappa shape index (κ2) is 7.96. The molecule has 1 aromatic rings. The minimum Gasteiger partial charge on any atom is -0.334 e. The topological polar surface area (TPSA) is 32.3 Å². The molecule has 3 nitrogen and oxygen atoms in total. The smallest absolute Gasteiger partial charge is 0.254 e. The number of nitrogens with zero attached hydrogens (tertiary/aromatic N) is 1. The van der Waals surface area contributed by atoms with Crippen molar-refractivity contribution < 1.29 is 9.18 Å². The van der Waals surface area contributed by atoms with Gasteiger partial charge in [-0.3, -0.25) is 4.79 Å². The highest BCUT2D eigenvalue weighted by Crippen LogP contribution is 2.19. The van der Waals surface area contributed by atoms with Gasteiger partial charge in [0.1, 0.15) is 5.82 Å². The minimum atomic E-state index is -0.390. The predicted molar refractivity (Wildman–Crippen MR) is 84.0 cm³/mol. The van der Waals surface area contributed by atoms with Gasteiger partial charge in [-0.25, -0.2) is 4.39 Å². The van der Waals surface area contributed by atoms with Crippen LogP contribution in [0.3, 0.4) is 0 Å². The third-order valence-electron chi connectivity index (χ3n) is 3.31. The molecule has 0 saturated carbocycles. The average Bonchev–Trinajstić information content (AvgIpc) is 2.87. The van der Waals surface area contributed by atoms with Crippen molar-refractivity contribution in [1.82, 2.24) is 10.2 Å². The molecule has 0 aliphatic carbocycles. The van der Waals surface area contributed by atoms with Gasteiger partial charge in [0.2, 0.25) is 0 Å². The van der Waals surface area contributed by atoms with Crippen molar-refractivity contribution in [2.45, 2.75) is 25.8 Å². The van der Waals surface area contributed by atoms with E-state index in [1.807, 2.05) is 11.8 Å². The molecule has 1 heterocycles. The highest BCUT2D eigenvalue weighted by atomic mass is 79.9. The van der Waals surface area contributed by atoms with Crippen molar-refractivity contribution in [2.75, 3.05) is 19.6 Å². The zero-order valence-electron chi connectivity index (χ0n) is 11.4. The maximum absolute atomic E-state index is 13.4. The van der Waals surface area contributed by atoms with Crippen LogP contribution in [-0.2, 0) is 0 Å². The van der Waals surface area contributed by atoms with E-state index in [4.69, 9.17) is 0 Å². The first-order valence-electron chi connectivity index (χ1n) is 6.59. The van der Waals surface area contributed by atoms with E-state index in [0.29, 0.717) is 16.6 Å². The van der Waals surface area contributed by atoms with E-state index in [1.54, 1.807) is 6.07 Å². The third-order valence-corrected chi connectivity index (χ3v) is 3.77. The number of rotatable bonds is 4. The molecule has 6 heteroatoms. The van der Waals surface area contributed by atoms with Crippen molar-refractivity contribution in [3.63, 3.8) is 0 Å². The van der Waals surface area contributed by atoms with E-state index in [9.17, 15) is 9.18 Å². The van der Waals surface area contributed by atoms with Crippen molar-refractivity contribution in [2.24, 2.45) is 0 Å². The van der Waals surface area contributed by atoms with Gasteiger partial charge < -0.3 is 10.2 Å². The fourth-order valence-electron chi connectivity index (χ4n) is 2.44. The van der Waals surface area contributed by atoms with Crippen LogP contribution in [-0.4, -0.2) is 36.5 Å². The number of halogens is 3. The van der Waals surface area contributed by atoms with Crippen LogP contribution in [0.2, 0.25) is 0 Å². The summed E-state index contributed by atoms with van der Waals surface area (Å²) in [6, 6.07) is 4.56. The summed E-state index contributed by atoms with van der Waals surface area (Å²) in [6.07, 6.45) is 1.86. The molecule has 0 aromatic heterocycles. The van der Waals surface area contributed by atoms with E-state index in [1.165, 1.54) is 12.1 Å². The maximum Gasteiger partial charge on any atom is 0.254 e.